The molecule has 1 aromatic carbocycles. The van der Waals surface area contributed by atoms with Crippen molar-refractivity contribution in [2.24, 2.45) is 14.1 Å². The van der Waals surface area contributed by atoms with Crippen molar-refractivity contribution < 1.29 is 0 Å². The first kappa shape index (κ1) is 26.2. The van der Waals surface area contributed by atoms with E-state index in [0.717, 1.165) is 4.57 Å². The molecule has 200 valence electrons. The molecule has 5 aromatic rings. The van der Waals surface area contributed by atoms with Gasteiger partial charge in [0.15, 0.2) is 5.65 Å². The summed E-state index contributed by atoms with van der Waals surface area (Å²) in [5.41, 5.74) is -0.145. The molecule has 0 amide bonds. The first-order chi connectivity index (χ1) is 18.5. The molecule has 4 heterocycles. The van der Waals surface area contributed by atoms with E-state index in [0.29, 0.717) is 38.2 Å². The van der Waals surface area contributed by atoms with Gasteiger partial charge in [-0.3, -0.25) is 28.7 Å². The number of anilines is 2. The molecule has 0 radical (unpaired) electrons. The number of H-pyrrole nitrogens is 2. The van der Waals surface area contributed by atoms with Gasteiger partial charge < -0.3 is 10.2 Å². The quantitative estimate of drug-likeness (QED) is 0.292. The smallest absolute Gasteiger partial charge is 0.332 e. The Morgan fingerprint density at radius 3 is 2.44 bits per heavy atom. The van der Waals surface area contributed by atoms with Crippen LogP contribution in [0.15, 0.2) is 49.6 Å². The Kier molecular flexibility index (Phi) is 6.52. The van der Waals surface area contributed by atoms with Gasteiger partial charge >= 0.3 is 11.4 Å². The number of hydrogen-bond donors (Lipinski definition) is 3. The molecular weight excluding hydrogens is 547 g/mol. The lowest BCUT2D eigenvalue weighted by atomic mass is 9.96. The lowest BCUT2D eigenvalue weighted by Crippen LogP contribution is -2.38. The predicted molar refractivity (Wildman–Crippen MR) is 152 cm³/mol. The Morgan fingerprint density at radius 2 is 1.74 bits per heavy atom. The zero-order valence-corrected chi connectivity index (χ0v) is 22.7. The van der Waals surface area contributed by atoms with Crippen LogP contribution in [0.1, 0.15) is 5.56 Å². The summed E-state index contributed by atoms with van der Waals surface area (Å²) < 4.78 is 2.32. The van der Waals surface area contributed by atoms with E-state index >= 15 is 0 Å². The third-order valence-corrected chi connectivity index (χ3v) is 6.93. The van der Waals surface area contributed by atoms with Crippen LogP contribution in [0.2, 0.25) is 10.0 Å². The van der Waals surface area contributed by atoms with Gasteiger partial charge in [-0.2, -0.15) is 0 Å². The van der Waals surface area contributed by atoms with Crippen molar-refractivity contribution in [2.45, 2.75) is 6.54 Å². The number of pyridine rings is 2. The number of nitrogens with zero attached hydrogens (tertiary/aromatic N) is 5. The van der Waals surface area contributed by atoms with Crippen LogP contribution in [0.5, 0.6) is 0 Å². The molecule has 14 heteroatoms. The summed E-state index contributed by atoms with van der Waals surface area (Å²) in [6.45, 7) is 0.0778. The highest BCUT2D eigenvalue weighted by molar-refractivity contribution is 6.36. The third kappa shape index (κ3) is 4.37. The number of aromatic amines is 2. The normalized spacial score (nSPS) is 11.3. The molecule has 0 aliphatic rings. The second-order valence-corrected chi connectivity index (χ2v) is 9.90. The largest absolute Gasteiger partial charge is 0.380 e. The van der Waals surface area contributed by atoms with Crippen LogP contribution in [0.4, 0.5) is 11.5 Å². The van der Waals surface area contributed by atoms with E-state index in [1.165, 1.54) is 24.9 Å². The Bertz CT molecular complexity index is 2040. The third-order valence-electron chi connectivity index (χ3n) is 6.38. The summed E-state index contributed by atoms with van der Waals surface area (Å²) in [7, 11) is 6.49. The number of fused-ring (bicyclic) bond motifs is 2. The number of nitrogens with one attached hydrogen (secondary N) is 3. The van der Waals surface area contributed by atoms with E-state index in [1.807, 2.05) is 0 Å². The maximum absolute atomic E-state index is 13.6. The summed E-state index contributed by atoms with van der Waals surface area (Å²) in [5.74, 6) is 0.458. The van der Waals surface area contributed by atoms with Crippen LogP contribution < -0.4 is 32.7 Å². The summed E-state index contributed by atoms with van der Waals surface area (Å²) in [6.07, 6.45) is 1.45. The SMILES string of the molecule is CN(C)c1nc2c(c(-c3ccc(Cl)cc3Cl)c1CNc1ccnc3[nH]c(=O)[nH]c(=O)c13)c(=O)n(C)c(=O)n2C. The van der Waals surface area contributed by atoms with Crippen LogP contribution in [-0.2, 0) is 20.6 Å². The Morgan fingerprint density at radius 1 is 1.00 bits per heavy atom. The fourth-order valence-corrected chi connectivity index (χ4v) is 5.07. The summed E-state index contributed by atoms with van der Waals surface area (Å²) >= 11 is 12.8. The molecule has 5 rings (SSSR count). The average Bonchev–Trinajstić information content (AvgIpc) is 2.88. The monoisotopic (exact) mass is 568 g/mol. The van der Waals surface area contributed by atoms with Crippen molar-refractivity contribution in [1.82, 2.24) is 29.1 Å². The molecule has 0 saturated heterocycles. The van der Waals surface area contributed by atoms with E-state index in [-0.39, 0.29) is 28.6 Å². The van der Waals surface area contributed by atoms with Gasteiger partial charge in [-0.15, -0.1) is 0 Å². The van der Waals surface area contributed by atoms with Gasteiger partial charge in [0, 0.05) is 67.7 Å². The number of aryl methyl sites for hydroxylation is 1. The molecule has 0 aliphatic heterocycles. The highest BCUT2D eigenvalue weighted by Gasteiger charge is 2.25. The minimum absolute atomic E-state index is 0.0778. The molecule has 0 aliphatic carbocycles. The molecule has 0 spiro atoms. The van der Waals surface area contributed by atoms with Crippen LogP contribution >= 0.6 is 23.2 Å². The molecule has 0 bridgehead atoms. The zero-order valence-electron chi connectivity index (χ0n) is 21.2. The van der Waals surface area contributed by atoms with Crippen molar-refractivity contribution >= 4 is 56.8 Å². The van der Waals surface area contributed by atoms with Crippen LogP contribution in [0.25, 0.3) is 33.2 Å². The Balaban J connectivity index is 1.85. The lowest BCUT2D eigenvalue weighted by Gasteiger charge is -2.23. The van der Waals surface area contributed by atoms with Crippen LogP contribution in [0, 0.1) is 0 Å². The summed E-state index contributed by atoms with van der Waals surface area (Å²) in [6, 6.07) is 6.51. The van der Waals surface area contributed by atoms with Crippen molar-refractivity contribution in [1.29, 1.82) is 0 Å². The number of rotatable bonds is 5. The lowest BCUT2D eigenvalue weighted by molar-refractivity contribution is 0.707. The Labute approximate surface area is 229 Å². The second-order valence-electron chi connectivity index (χ2n) is 9.06. The topological polar surface area (TPSA) is 151 Å². The van der Waals surface area contributed by atoms with Crippen molar-refractivity contribution in [3.63, 3.8) is 0 Å². The fourth-order valence-electron chi connectivity index (χ4n) is 4.56. The van der Waals surface area contributed by atoms with Crippen LogP contribution in [-0.4, -0.2) is 43.2 Å². The molecule has 0 fully saturated rings. The van der Waals surface area contributed by atoms with Crippen molar-refractivity contribution in [3.8, 4) is 11.1 Å². The molecule has 0 saturated carbocycles. The fraction of sp³-hybridized carbons (Fsp3) is 0.200. The van der Waals surface area contributed by atoms with Gasteiger partial charge in [-0.05, 0) is 18.2 Å². The second kappa shape index (κ2) is 9.71. The molecule has 39 heavy (non-hydrogen) atoms. The standard InChI is InChI=1S/C25H22Cl2N8O4/c1-33(2)20-13(10-29-15-7-8-28-19-17(15)22(36)32-24(38)30-19)16(12-6-5-11(26)9-14(12)27)18-21(31-20)34(3)25(39)35(4)23(18)37/h5-9H,10H2,1-4H3,(H3,28,29,30,32,36,38). The van der Waals surface area contributed by atoms with E-state index in [1.54, 1.807) is 43.3 Å². The van der Waals surface area contributed by atoms with Gasteiger partial charge in [0.2, 0.25) is 0 Å². The molecule has 12 nitrogen and oxygen atoms in total. The molecule has 4 aromatic heterocycles. The first-order valence-electron chi connectivity index (χ1n) is 11.6. The Hall–Kier alpha value is -4.42. The molecular formula is C25H22Cl2N8O4. The average molecular weight is 569 g/mol. The number of benzene rings is 1. The molecule has 0 atom stereocenters. The predicted octanol–water partition coefficient (Wildman–Crippen LogP) is 2.21. The number of hydrogen-bond acceptors (Lipinski definition) is 8. The maximum atomic E-state index is 13.6. The number of halogens is 2. The van der Waals surface area contributed by atoms with E-state index in [4.69, 9.17) is 28.2 Å². The van der Waals surface area contributed by atoms with E-state index in [9.17, 15) is 19.2 Å². The van der Waals surface area contributed by atoms with Gasteiger partial charge in [0.1, 0.15) is 16.9 Å². The van der Waals surface area contributed by atoms with E-state index < -0.39 is 22.5 Å². The summed E-state index contributed by atoms with van der Waals surface area (Å²) in [5, 5.41) is 4.27. The van der Waals surface area contributed by atoms with Crippen molar-refractivity contribution in [3.05, 3.63) is 87.7 Å². The zero-order chi connectivity index (χ0) is 28.2. The minimum atomic E-state index is -0.674. The van der Waals surface area contributed by atoms with Gasteiger partial charge in [0.05, 0.1) is 11.1 Å². The first-order valence-corrected chi connectivity index (χ1v) is 12.4. The minimum Gasteiger partial charge on any atom is -0.380 e. The van der Waals surface area contributed by atoms with Crippen molar-refractivity contribution in [2.75, 3.05) is 24.3 Å². The molecule has 0 unspecified atom stereocenters. The maximum Gasteiger partial charge on any atom is 0.332 e. The van der Waals surface area contributed by atoms with Gasteiger partial charge in [-0.1, -0.05) is 29.3 Å². The number of aromatic nitrogens is 6. The van der Waals surface area contributed by atoms with E-state index in [2.05, 4.69) is 20.3 Å². The summed E-state index contributed by atoms with van der Waals surface area (Å²) in [4.78, 5) is 66.0. The van der Waals surface area contributed by atoms with Gasteiger partial charge in [0.25, 0.3) is 11.1 Å². The van der Waals surface area contributed by atoms with Gasteiger partial charge in [-0.25, -0.2) is 19.6 Å². The molecule has 3 N–H and O–H groups in total. The van der Waals surface area contributed by atoms with Crippen LogP contribution in [0.3, 0.4) is 0 Å². The highest BCUT2D eigenvalue weighted by Crippen LogP contribution is 2.39. The highest BCUT2D eigenvalue weighted by atomic mass is 35.5.